The minimum atomic E-state index is -0.262. The number of rotatable bonds is 5. The van der Waals surface area contributed by atoms with Gasteiger partial charge >= 0.3 is 0 Å². The summed E-state index contributed by atoms with van der Waals surface area (Å²) in [6.45, 7) is 4.94. The molecule has 0 spiro atoms. The van der Waals surface area contributed by atoms with Crippen molar-refractivity contribution in [3.8, 4) is 11.5 Å². The van der Waals surface area contributed by atoms with Crippen LogP contribution in [-0.2, 0) is 4.79 Å². The normalized spacial score (nSPS) is 24.1. The van der Waals surface area contributed by atoms with Gasteiger partial charge in [-0.15, -0.1) is 0 Å². The quantitative estimate of drug-likeness (QED) is 0.720. The average Bonchev–Trinajstić information content (AvgIpc) is 3.26. The summed E-state index contributed by atoms with van der Waals surface area (Å²) in [5, 5.41) is 6.99. The summed E-state index contributed by atoms with van der Waals surface area (Å²) >= 11 is 0. The molecule has 33 heavy (non-hydrogen) atoms. The number of hydrazone groups is 1. The van der Waals surface area contributed by atoms with Crippen LogP contribution in [0.2, 0.25) is 0 Å². The average molecular weight is 443 g/mol. The summed E-state index contributed by atoms with van der Waals surface area (Å²) < 4.78 is 5.92. The molecular weight excluding hydrogens is 416 g/mol. The van der Waals surface area contributed by atoms with Crippen LogP contribution in [-0.4, -0.2) is 59.0 Å². The monoisotopic (exact) mass is 442 g/mol. The number of nitrogens with two attached hydrogens (primary N) is 1. The fourth-order valence-electron chi connectivity index (χ4n) is 4.59. The summed E-state index contributed by atoms with van der Waals surface area (Å²) in [5.41, 5.74) is 8.09. The van der Waals surface area contributed by atoms with Crippen molar-refractivity contribution in [2.24, 2.45) is 26.7 Å². The fourth-order valence-corrected chi connectivity index (χ4v) is 4.59. The number of amides is 1. The molecule has 3 atom stereocenters. The van der Waals surface area contributed by atoms with Crippen molar-refractivity contribution in [1.29, 1.82) is 0 Å². The molecule has 3 aliphatic heterocycles. The van der Waals surface area contributed by atoms with Crippen LogP contribution < -0.4 is 10.5 Å². The van der Waals surface area contributed by atoms with Crippen molar-refractivity contribution >= 4 is 23.8 Å². The number of aliphatic imine (C=N–C) groups is 2. The summed E-state index contributed by atoms with van der Waals surface area (Å²) in [7, 11) is 0. The number of carbonyl (C=O) groups is 1. The second-order valence-electron chi connectivity index (χ2n) is 8.30. The van der Waals surface area contributed by atoms with Crippen LogP contribution in [0.5, 0.6) is 11.5 Å². The molecule has 168 valence electrons. The zero-order chi connectivity index (χ0) is 22.8. The van der Waals surface area contributed by atoms with E-state index in [-0.39, 0.29) is 24.0 Å². The molecule has 1 amide bonds. The zero-order valence-corrected chi connectivity index (χ0v) is 18.2. The van der Waals surface area contributed by atoms with Gasteiger partial charge in [-0.3, -0.25) is 9.80 Å². The third kappa shape index (κ3) is 4.11. The number of amidine groups is 1. The van der Waals surface area contributed by atoms with Gasteiger partial charge in [0, 0.05) is 13.1 Å². The molecule has 0 aromatic heterocycles. The van der Waals surface area contributed by atoms with Crippen LogP contribution in [0.1, 0.15) is 18.4 Å². The lowest BCUT2D eigenvalue weighted by Crippen LogP contribution is -2.52. The number of piperidine rings is 1. The van der Waals surface area contributed by atoms with Gasteiger partial charge in [-0.2, -0.15) is 5.10 Å². The first kappa shape index (κ1) is 20.9. The van der Waals surface area contributed by atoms with E-state index in [4.69, 9.17) is 15.6 Å². The topological polar surface area (TPSA) is 95.9 Å². The van der Waals surface area contributed by atoms with Crippen LogP contribution >= 0.6 is 0 Å². The van der Waals surface area contributed by atoms with E-state index in [9.17, 15) is 4.79 Å². The number of fused-ring (bicyclic) bond motifs is 1. The van der Waals surface area contributed by atoms with Gasteiger partial charge in [0.2, 0.25) is 5.91 Å². The van der Waals surface area contributed by atoms with Gasteiger partial charge in [0.15, 0.2) is 6.17 Å². The minimum absolute atomic E-state index is 0.0522. The summed E-state index contributed by atoms with van der Waals surface area (Å²) in [4.78, 5) is 22.9. The Kier molecular flexibility index (Phi) is 5.64. The molecular formula is C25H26N6O2. The van der Waals surface area contributed by atoms with Gasteiger partial charge in [-0.1, -0.05) is 24.8 Å². The first-order valence-corrected chi connectivity index (χ1v) is 11.1. The second kappa shape index (κ2) is 8.90. The number of hydrogen-bond acceptors (Lipinski definition) is 7. The molecule has 8 heteroatoms. The fraction of sp³-hybridized carbons (Fsp3) is 0.280. The number of para-hydroxylation sites is 1. The lowest BCUT2D eigenvalue weighted by Gasteiger charge is -2.38. The van der Waals surface area contributed by atoms with Gasteiger partial charge in [0.1, 0.15) is 29.6 Å². The Morgan fingerprint density at radius 1 is 1.12 bits per heavy atom. The van der Waals surface area contributed by atoms with Gasteiger partial charge in [0.25, 0.3) is 0 Å². The van der Waals surface area contributed by atoms with Gasteiger partial charge in [-0.05, 0) is 60.9 Å². The maximum absolute atomic E-state index is 12.2. The van der Waals surface area contributed by atoms with Gasteiger partial charge in [0.05, 0.1) is 11.8 Å². The Labute approximate surface area is 192 Å². The molecule has 2 aromatic rings. The Hall–Kier alpha value is -3.94. The molecule has 8 nitrogen and oxygen atoms in total. The van der Waals surface area contributed by atoms with E-state index in [2.05, 4.69) is 16.6 Å². The largest absolute Gasteiger partial charge is 0.457 e. The van der Waals surface area contributed by atoms with Crippen LogP contribution in [0.4, 0.5) is 0 Å². The summed E-state index contributed by atoms with van der Waals surface area (Å²) in [6.07, 6.45) is 4.45. The van der Waals surface area contributed by atoms with E-state index in [1.807, 2.05) is 64.5 Å². The Bertz CT molecular complexity index is 1130. The molecule has 3 heterocycles. The highest BCUT2D eigenvalue weighted by atomic mass is 16.5. The molecule has 3 aliphatic rings. The molecule has 0 bridgehead atoms. The lowest BCUT2D eigenvalue weighted by atomic mass is 9.92. The molecule has 0 saturated carbocycles. The van der Waals surface area contributed by atoms with Crippen LogP contribution in [0.15, 0.2) is 82.3 Å². The van der Waals surface area contributed by atoms with Gasteiger partial charge < -0.3 is 15.4 Å². The molecule has 0 radical (unpaired) electrons. The lowest BCUT2D eigenvalue weighted by molar-refractivity contribution is -0.128. The van der Waals surface area contributed by atoms with E-state index in [0.29, 0.717) is 12.4 Å². The predicted octanol–water partition coefficient (Wildman–Crippen LogP) is 3.02. The maximum Gasteiger partial charge on any atom is 0.246 e. The minimum Gasteiger partial charge on any atom is -0.457 e. The number of ether oxygens (including phenoxy) is 1. The highest BCUT2D eigenvalue weighted by Gasteiger charge is 2.45. The zero-order valence-electron chi connectivity index (χ0n) is 18.2. The van der Waals surface area contributed by atoms with Crippen molar-refractivity contribution in [3.05, 3.63) is 72.8 Å². The van der Waals surface area contributed by atoms with Crippen molar-refractivity contribution in [3.63, 3.8) is 0 Å². The number of carbonyl (C=O) groups excluding carboxylic acids is 1. The molecule has 5 rings (SSSR count). The molecule has 1 fully saturated rings. The Morgan fingerprint density at radius 3 is 2.64 bits per heavy atom. The third-order valence-corrected chi connectivity index (χ3v) is 6.22. The van der Waals surface area contributed by atoms with Crippen LogP contribution in [0, 0.1) is 5.92 Å². The molecule has 1 saturated heterocycles. The highest BCUT2D eigenvalue weighted by molar-refractivity contribution is 6.17. The smallest absolute Gasteiger partial charge is 0.246 e. The highest BCUT2D eigenvalue weighted by Crippen LogP contribution is 2.33. The predicted molar refractivity (Wildman–Crippen MR) is 129 cm³/mol. The number of nitrogens with zero attached hydrogens (tertiary/aromatic N) is 5. The standard InChI is InChI=1S/C25H26N6O2/c1-2-21(32)30-14-6-7-18(15-30)31-25-22(24(26)27-16-28-25)23(29-31)17-10-12-20(13-11-17)33-19-8-4-3-5-9-19/h2-5,8-13,16,18,22,25H,1,6-7,14-15H2,(H2,26,27,28)/t18-,22?,25?/m1/s1. The number of benzene rings is 2. The van der Waals surface area contributed by atoms with E-state index in [1.165, 1.54) is 12.4 Å². The Morgan fingerprint density at radius 2 is 1.88 bits per heavy atom. The first-order chi connectivity index (χ1) is 16.1. The molecule has 0 aliphatic carbocycles. The molecule has 2 aromatic carbocycles. The van der Waals surface area contributed by atoms with Gasteiger partial charge in [-0.25, -0.2) is 9.98 Å². The molecule has 2 N–H and O–H groups in total. The maximum atomic E-state index is 12.2. The van der Waals surface area contributed by atoms with Crippen molar-refractivity contribution in [2.75, 3.05) is 13.1 Å². The van der Waals surface area contributed by atoms with Crippen LogP contribution in [0.25, 0.3) is 0 Å². The van der Waals surface area contributed by atoms with E-state index in [0.717, 1.165) is 42.2 Å². The SMILES string of the molecule is C=CC(=O)N1CCC[C@@H](N2N=C(c3ccc(Oc4ccccc4)cc3)C3C(N)=NC=NC32)C1. The van der Waals surface area contributed by atoms with E-state index < -0.39 is 0 Å². The van der Waals surface area contributed by atoms with E-state index in [1.54, 1.807) is 0 Å². The van der Waals surface area contributed by atoms with Crippen molar-refractivity contribution < 1.29 is 9.53 Å². The summed E-state index contributed by atoms with van der Waals surface area (Å²) in [6, 6.07) is 17.5. The van der Waals surface area contributed by atoms with E-state index >= 15 is 0 Å². The Balaban J connectivity index is 1.41. The second-order valence-corrected chi connectivity index (χ2v) is 8.30. The first-order valence-electron chi connectivity index (χ1n) is 11.1. The molecule has 2 unspecified atom stereocenters. The number of hydrogen-bond donors (Lipinski definition) is 1. The summed E-state index contributed by atoms with van der Waals surface area (Å²) in [5.74, 6) is 1.73. The van der Waals surface area contributed by atoms with Crippen molar-refractivity contribution in [2.45, 2.75) is 25.0 Å². The number of likely N-dealkylation sites (tertiary alicyclic amines) is 1. The van der Waals surface area contributed by atoms with Crippen LogP contribution in [0.3, 0.4) is 0 Å². The third-order valence-electron chi connectivity index (χ3n) is 6.22. The van der Waals surface area contributed by atoms with Crippen molar-refractivity contribution in [1.82, 2.24) is 9.91 Å².